The van der Waals surface area contributed by atoms with Gasteiger partial charge in [-0.25, -0.2) is 0 Å². The molecule has 13 heavy (non-hydrogen) atoms. The van der Waals surface area contributed by atoms with E-state index in [0.717, 1.165) is 24.5 Å². The van der Waals surface area contributed by atoms with Crippen LogP contribution in [0.4, 0.5) is 0 Å². The topological polar surface area (TPSA) is 31.9 Å². The Morgan fingerprint density at radius 1 is 1.38 bits per heavy atom. The highest BCUT2D eigenvalue weighted by atomic mass is 15.2. The third-order valence-corrected chi connectivity index (χ3v) is 2.46. The van der Waals surface area contributed by atoms with E-state index in [1.165, 1.54) is 19.3 Å². The molecule has 3 nitrogen and oxygen atoms in total. The second-order valence-electron chi connectivity index (χ2n) is 3.39. The Morgan fingerprint density at radius 2 is 2.15 bits per heavy atom. The molecule has 1 fully saturated rings. The summed E-state index contributed by atoms with van der Waals surface area (Å²) < 4.78 is 0. The second kappa shape index (κ2) is 3.64. The van der Waals surface area contributed by atoms with Crippen molar-refractivity contribution in [1.82, 2.24) is 15.1 Å². The van der Waals surface area contributed by atoms with E-state index in [1.54, 1.807) is 6.20 Å². The largest absolute Gasteiger partial charge is 0.370 e. The van der Waals surface area contributed by atoms with Gasteiger partial charge in [-0.2, -0.15) is 5.10 Å². The van der Waals surface area contributed by atoms with Crippen molar-refractivity contribution in [3.05, 3.63) is 24.5 Å². The standard InChI is InChI=1S/C10H14N3/c1-9(10-5-6-11-12-10)13-7-3-2-4-8-13/h1,5-6H,2-4,7-8H2,(H,11,12). The summed E-state index contributed by atoms with van der Waals surface area (Å²) in [7, 11) is 0. The van der Waals surface area contributed by atoms with Gasteiger partial charge in [0.1, 0.15) is 5.69 Å². The van der Waals surface area contributed by atoms with Gasteiger partial charge in [0.2, 0.25) is 0 Å². The van der Waals surface area contributed by atoms with Crippen LogP contribution in [0.25, 0.3) is 5.70 Å². The quantitative estimate of drug-likeness (QED) is 0.743. The van der Waals surface area contributed by atoms with Crippen molar-refractivity contribution in [3.63, 3.8) is 0 Å². The molecule has 1 aromatic heterocycles. The fourth-order valence-electron chi connectivity index (χ4n) is 1.70. The summed E-state index contributed by atoms with van der Waals surface area (Å²) in [6.45, 7) is 8.11. The summed E-state index contributed by atoms with van der Waals surface area (Å²) in [5.41, 5.74) is 1.67. The maximum absolute atomic E-state index is 5.97. The lowest BCUT2D eigenvalue weighted by Crippen LogP contribution is -2.27. The number of likely N-dealkylation sites (tertiary alicyclic amines) is 1. The number of hydrogen-bond donors (Lipinski definition) is 1. The van der Waals surface area contributed by atoms with E-state index in [4.69, 9.17) is 6.58 Å². The SMILES string of the molecule is [CH]=C(c1cc[nH]n1)N1CCCCC1. The van der Waals surface area contributed by atoms with Crippen LogP contribution in [0.2, 0.25) is 0 Å². The van der Waals surface area contributed by atoms with E-state index in [1.807, 2.05) is 6.07 Å². The number of aromatic amines is 1. The molecule has 0 aromatic carbocycles. The summed E-state index contributed by atoms with van der Waals surface area (Å²) in [6, 6.07) is 1.91. The number of hydrogen-bond acceptors (Lipinski definition) is 2. The van der Waals surface area contributed by atoms with Gasteiger partial charge in [-0.3, -0.25) is 5.10 Å². The molecule has 1 aliphatic heterocycles. The minimum atomic E-state index is 0.806. The molecule has 0 unspecified atom stereocenters. The lowest BCUT2D eigenvalue weighted by atomic mass is 10.1. The summed E-state index contributed by atoms with van der Waals surface area (Å²) >= 11 is 0. The van der Waals surface area contributed by atoms with Crippen molar-refractivity contribution >= 4 is 5.70 Å². The predicted molar refractivity (Wildman–Crippen MR) is 51.7 cm³/mol. The third kappa shape index (κ3) is 1.74. The monoisotopic (exact) mass is 176 g/mol. The lowest BCUT2D eigenvalue weighted by molar-refractivity contribution is 0.325. The highest BCUT2D eigenvalue weighted by Gasteiger charge is 2.13. The molecule has 0 spiro atoms. The van der Waals surface area contributed by atoms with Crippen LogP contribution in [0.15, 0.2) is 12.3 Å². The molecule has 69 valence electrons. The van der Waals surface area contributed by atoms with Crippen molar-refractivity contribution in [2.24, 2.45) is 0 Å². The minimum absolute atomic E-state index is 0.806. The molecular weight excluding hydrogens is 162 g/mol. The predicted octanol–water partition coefficient (Wildman–Crippen LogP) is 1.67. The fraction of sp³-hybridized carbons (Fsp3) is 0.500. The van der Waals surface area contributed by atoms with Gasteiger partial charge in [-0.1, -0.05) is 0 Å². The van der Waals surface area contributed by atoms with Crippen LogP contribution in [0.3, 0.4) is 0 Å². The smallest absolute Gasteiger partial charge is 0.108 e. The van der Waals surface area contributed by atoms with Gasteiger partial charge in [0.05, 0.1) is 5.70 Å². The molecule has 1 saturated heterocycles. The van der Waals surface area contributed by atoms with Crippen molar-refractivity contribution in [2.45, 2.75) is 19.3 Å². The Morgan fingerprint density at radius 3 is 2.77 bits per heavy atom. The van der Waals surface area contributed by atoms with Gasteiger partial charge in [0, 0.05) is 19.3 Å². The number of nitrogens with one attached hydrogen (secondary N) is 1. The second-order valence-corrected chi connectivity index (χ2v) is 3.39. The molecule has 0 amide bonds. The Kier molecular flexibility index (Phi) is 2.34. The Balaban J connectivity index is 2.04. The zero-order valence-electron chi connectivity index (χ0n) is 7.66. The van der Waals surface area contributed by atoms with Crippen molar-refractivity contribution < 1.29 is 0 Å². The van der Waals surface area contributed by atoms with Crippen LogP contribution >= 0.6 is 0 Å². The van der Waals surface area contributed by atoms with E-state index in [2.05, 4.69) is 15.1 Å². The van der Waals surface area contributed by atoms with Crippen molar-refractivity contribution in [2.75, 3.05) is 13.1 Å². The number of nitrogens with zero attached hydrogens (tertiary/aromatic N) is 2. The Labute approximate surface area is 78.4 Å². The van der Waals surface area contributed by atoms with Crippen molar-refractivity contribution in [1.29, 1.82) is 0 Å². The lowest BCUT2D eigenvalue weighted by Gasteiger charge is -2.29. The average molecular weight is 176 g/mol. The highest BCUT2D eigenvalue weighted by Crippen LogP contribution is 2.19. The first-order valence-corrected chi connectivity index (χ1v) is 4.75. The molecule has 0 saturated carbocycles. The van der Waals surface area contributed by atoms with Crippen LogP contribution in [0.1, 0.15) is 25.0 Å². The molecule has 3 heteroatoms. The molecular formula is C10H14N3. The van der Waals surface area contributed by atoms with Gasteiger partial charge in [0.25, 0.3) is 0 Å². The van der Waals surface area contributed by atoms with Crippen LogP contribution in [-0.4, -0.2) is 28.2 Å². The van der Waals surface area contributed by atoms with Crippen molar-refractivity contribution in [3.8, 4) is 0 Å². The summed E-state index contributed by atoms with van der Waals surface area (Å²) in [5.74, 6) is 0. The zero-order chi connectivity index (χ0) is 9.10. The van der Waals surface area contributed by atoms with Gasteiger partial charge >= 0.3 is 0 Å². The van der Waals surface area contributed by atoms with Gasteiger partial charge < -0.3 is 4.90 Å². The van der Waals surface area contributed by atoms with Crippen LogP contribution < -0.4 is 0 Å². The molecule has 2 rings (SSSR count). The fourth-order valence-corrected chi connectivity index (χ4v) is 1.70. The number of piperidine rings is 1. The average Bonchev–Trinajstić information content (AvgIpc) is 2.71. The van der Waals surface area contributed by atoms with E-state index in [-0.39, 0.29) is 0 Å². The molecule has 0 aliphatic carbocycles. The number of aromatic nitrogens is 2. The zero-order valence-corrected chi connectivity index (χ0v) is 7.66. The first kappa shape index (κ1) is 8.35. The maximum atomic E-state index is 5.97. The van der Waals surface area contributed by atoms with E-state index in [9.17, 15) is 0 Å². The summed E-state index contributed by atoms with van der Waals surface area (Å²) in [6.07, 6.45) is 5.60. The van der Waals surface area contributed by atoms with Gasteiger partial charge in [-0.15, -0.1) is 0 Å². The van der Waals surface area contributed by atoms with E-state index >= 15 is 0 Å². The maximum Gasteiger partial charge on any atom is 0.108 e. The van der Waals surface area contributed by atoms with Gasteiger partial charge in [0.15, 0.2) is 0 Å². The van der Waals surface area contributed by atoms with Gasteiger partial charge in [-0.05, 0) is 31.9 Å². The number of rotatable bonds is 2. The third-order valence-electron chi connectivity index (χ3n) is 2.46. The molecule has 1 N–H and O–H groups in total. The summed E-state index contributed by atoms with van der Waals surface area (Å²) in [4.78, 5) is 2.21. The van der Waals surface area contributed by atoms with E-state index in [0.29, 0.717) is 0 Å². The molecule has 2 heterocycles. The first-order chi connectivity index (χ1) is 6.38. The molecule has 1 aromatic rings. The molecule has 1 aliphatic rings. The first-order valence-electron chi connectivity index (χ1n) is 4.75. The Bertz CT molecular complexity index is 270. The highest BCUT2D eigenvalue weighted by molar-refractivity contribution is 5.56. The molecule has 0 atom stereocenters. The van der Waals surface area contributed by atoms with E-state index < -0.39 is 0 Å². The normalized spacial score (nSPS) is 17.4. The minimum Gasteiger partial charge on any atom is -0.370 e. The molecule has 1 radical (unpaired) electrons. The molecule has 0 bridgehead atoms. The Hall–Kier alpha value is -1.25. The number of H-pyrrole nitrogens is 1. The van der Waals surface area contributed by atoms with Crippen LogP contribution in [0, 0.1) is 6.58 Å². The van der Waals surface area contributed by atoms with Crippen LogP contribution in [-0.2, 0) is 0 Å². The van der Waals surface area contributed by atoms with Crippen LogP contribution in [0.5, 0.6) is 0 Å². The summed E-state index contributed by atoms with van der Waals surface area (Å²) in [5, 5.41) is 6.83.